The molecule has 0 fully saturated rings. The van der Waals surface area contributed by atoms with Crippen molar-refractivity contribution in [1.29, 1.82) is 0 Å². The Balaban J connectivity index is 0.000000956. The zero-order valence-electron chi connectivity index (χ0n) is 11.0. The number of carbonyl (C=O) groups is 1. The van der Waals surface area contributed by atoms with Crippen molar-refractivity contribution < 1.29 is 15.0 Å². The summed E-state index contributed by atoms with van der Waals surface area (Å²) in [6.07, 6.45) is 1.51. The first kappa shape index (κ1) is 15.4. The summed E-state index contributed by atoms with van der Waals surface area (Å²) >= 11 is 0. The average molecular weight is 272 g/mol. The lowest BCUT2D eigenvalue weighted by Gasteiger charge is -1.98. The van der Waals surface area contributed by atoms with Crippen molar-refractivity contribution in [2.24, 2.45) is 5.10 Å². The summed E-state index contributed by atoms with van der Waals surface area (Å²) in [5, 5.41) is 19.9. The van der Waals surface area contributed by atoms with Crippen molar-refractivity contribution in [3.8, 4) is 5.75 Å². The van der Waals surface area contributed by atoms with Gasteiger partial charge in [-0.2, -0.15) is 5.10 Å². The summed E-state index contributed by atoms with van der Waals surface area (Å²) in [5.41, 5.74) is 3.78. The Bertz CT molecular complexity index is 551. The highest BCUT2D eigenvalue weighted by atomic mass is 16.3. The van der Waals surface area contributed by atoms with Gasteiger partial charge in [-0.25, -0.2) is 5.43 Å². The van der Waals surface area contributed by atoms with Gasteiger partial charge < -0.3 is 10.2 Å². The van der Waals surface area contributed by atoms with Gasteiger partial charge in [0.2, 0.25) is 0 Å². The van der Waals surface area contributed by atoms with E-state index in [1.807, 2.05) is 6.07 Å². The number of aromatic hydroxyl groups is 1. The fourth-order valence-electron chi connectivity index (χ4n) is 1.38. The van der Waals surface area contributed by atoms with E-state index in [0.29, 0.717) is 5.56 Å². The molecule has 0 saturated heterocycles. The summed E-state index contributed by atoms with van der Waals surface area (Å²) in [4.78, 5) is 11.6. The Morgan fingerprint density at radius 2 is 1.65 bits per heavy atom. The molecule has 0 aliphatic carbocycles. The number of hydrogen-bond donors (Lipinski definition) is 3. The fraction of sp³-hybridized carbons (Fsp3) is 0.0667. The SMILES string of the molecule is CO.O=C(N/N=C/c1ccc(O)cc1)c1ccccc1. The van der Waals surface area contributed by atoms with Crippen LogP contribution in [-0.2, 0) is 0 Å². The van der Waals surface area contributed by atoms with Crippen molar-refractivity contribution >= 4 is 12.1 Å². The normalized spacial score (nSPS) is 9.70. The van der Waals surface area contributed by atoms with Crippen LogP contribution in [0.2, 0.25) is 0 Å². The number of hydrogen-bond acceptors (Lipinski definition) is 4. The summed E-state index contributed by atoms with van der Waals surface area (Å²) < 4.78 is 0. The minimum Gasteiger partial charge on any atom is -0.508 e. The van der Waals surface area contributed by atoms with Crippen LogP contribution in [-0.4, -0.2) is 29.4 Å². The molecule has 0 spiro atoms. The van der Waals surface area contributed by atoms with E-state index in [2.05, 4.69) is 10.5 Å². The Morgan fingerprint density at radius 1 is 1.05 bits per heavy atom. The molecule has 2 aromatic carbocycles. The number of benzene rings is 2. The maximum atomic E-state index is 11.6. The van der Waals surface area contributed by atoms with Crippen LogP contribution in [0.1, 0.15) is 15.9 Å². The molecule has 2 rings (SSSR count). The van der Waals surface area contributed by atoms with E-state index >= 15 is 0 Å². The molecule has 0 bridgehead atoms. The Hall–Kier alpha value is -2.66. The van der Waals surface area contributed by atoms with Gasteiger partial charge >= 0.3 is 0 Å². The highest BCUT2D eigenvalue weighted by Crippen LogP contribution is 2.07. The highest BCUT2D eigenvalue weighted by Gasteiger charge is 2.01. The zero-order valence-corrected chi connectivity index (χ0v) is 11.0. The number of aliphatic hydroxyl groups is 1. The lowest BCUT2D eigenvalue weighted by atomic mass is 10.2. The van der Waals surface area contributed by atoms with Crippen LogP contribution in [0.3, 0.4) is 0 Å². The zero-order chi connectivity index (χ0) is 14.8. The van der Waals surface area contributed by atoms with Gasteiger partial charge in [-0.3, -0.25) is 4.79 Å². The van der Waals surface area contributed by atoms with Crippen molar-refractivity contribution in [2.75, 3.05) is 7.11 Å². The van der Waals surface area contributed by atoms with Crippen LogP contribution in [0, 0.1) is 0 Å². The number of nitrogens with zero attached hydrogens (tertiary/aromatic N) is 1. The molecule has 5 nitrogen and oxygen atoms in total. The monoisotopic (exact) mass is 272 g/mol. The molecule has 0 aliphatic rings. The second kappa shape index (κ2) is 8.44. The van der Waals surface area contributed by atoms with E-state index in [1.54, 1.807) is 48.5 Å². The van der Waals surface area contributed by atoms with Crippen LogP contribution < -0.4 is 5.43 Å². The van der Waals surface area contributed by atoms with Crippen LogP contribution >= 0.6 is 0 Å². The second-order valence-corrected chi connectivity index (χ2v) is 3.66. The first-order chi connectivity index (χ1) is 9.75. The van der Waals surface area contributed by atoms with Crippen LogP contribution in [0.5, 0.6) is 5.75 Å². The summed E-state index contributed by atoms with van der Waals surface area (Å²) in [7, 11) is 1.00. The van der Waals surface area contributed by atoms with Crippen molar-refractivity contribution in [3.05, 3.63) is 65.7 Å². The second-order valence-electron chi connectivity index (χ2n) is 3.66. The van der Waals surface area contributed by atoms with Gasteiger partial charge in [0.1, 0.15) is 5.75 Å². The van der Waals surface area contributed by atoms with Crippen molar-refractivity contribution in [3.63, 3.8) is 0 Å². The number of rotatable bonds is 3. The molecule has 20 heavy (non-hydrogen) atoms. The summed E-state index contributed by atoms with van der Waals surface area (Å²) in [5.74, 6) is -0.0638. The molecule has 104 valence electrons. The first-order valence-corrected chi connectivity index (χ1v) is 5.88. The molecule has 0 aliphatic heterocycles. The molecule has 0 radical (unpaired) electrons. The molecule has 0 heterocycles. The smallest absolute Gasteiger partial charge is 0.271 e. The van der Waals surface area contributed by atoms with Gasteiger partial charge in [-0.1, -0.05) is 18.2 Å². The number of aliphatic hydroxyl groups excluding tert-OH is 1. The van der Waals surface area contributed by atoms with Crippen LogP contribution in [0.4, 0.5) is 0 Å². The quantitative estimate of drug-likeness (QED) is 0.588. The van der Waals surface area contributed by atoms with Gasteiger partial charge in [0.15, 0.2) is 0 Å². The lowest BCUT2D eigenvalue weighted by Crippen LogP contribution is -2.17. The van der Waals surface area contributed by atoms with E-state index in [9.17, 15) is 4.79 Å². The lowest BCUT2D eigenvalue weighted by molar-refractivity contribution is 0.0955. The molecular formula is C15H16N2O3. The molecular weight excluding hydrogens is 256 g/mol. The average Bonchev–Trinajstić information content (AvgIpc) is 2.52. The molecule has 0 atom stereocenters. The minimum atomic E-state index is -0.259. The molecule has 0 unspecified atom stereocenters. The highest BCUT2D eigenvalue weighted by molar-refractivity contribution is 5.94. The molecule has 3 N–H and O–H groups in total. The molecule has 5 heteroatoms. The fourth-order valence-corrected chi connectivity index (χ4v) is 1.38. The number of nitrogens with one attached hydrogen (secondary N) is 1. The third kappa shape index (κ3) is 4.91. The molecule has 2 aromatic rings. The number of phenols is 1. The number of carbonyl (C=O) groups excluding carboxylic acids is 1. The van der Waals surface area contributed by atoms with Gasteiger partial charge in [0.05, 0.1) is 6.21 Å². The van der Waals surface area contributed by atoms with Crippen molar-refractivity contribution in [1.82, 2.24) is 5.43 Å². The Labute approximate surface area is 117 Å². The van der Waals surface area contributed by atoms with E-state index in [1.165, 1.54) is 6.21 Å². The standard InChI is InChI=1S/C14H12N2O2.CH4O/c17-13-8-6-11(7-9-13)10-15-16-14(18)12-4-2-1-3-5-12;1-2/h1-10,17H,(H,16,18);2H,1H3/b15-10+;. The van der Waals surface area contributed by atoms with E-state index < -0.39 is 0 Å². The molecule has 1 amide bonds. The van der Waals surface area contributed by atoms with Crippen LogP contribution in [0.15, 0.2) is 59.7 Å². The van der Waals surface area contributed by atoms with Crippen LogP contribution in [0.25, 0.3) is 0 Å². The third-order valence-electron chi connectivity index (χ3n) is 2.31. The molecule has 0 aromatic heterocycles. The summed E-state index contributed by atoms with van der Waals surface area (Å²) in [6.45, 7) is 0. The molecule has 0 saturated carbocycles. The maximum Gasteiger partial charge on any atom is 0.271 e. The van der Waals surface area contributed by atoms with Gasteiger partial charge in [-0.15, -0.1) is 0 Å². The van der Waals surface area contributed by atoms with Gasteiger partial charge in [0, 0.05) is 12.7 Å². The number of hydrazone groups is 1. The largest absolute Gasteiger partial charge is 0.508 e. The van der Waals surface area contributed by atoms with Gasteiger partial charge in [0.25, 0.3) is 5.91 Å². The Kier molecular flexibility index (Phi) is 6.50. The first-order valence-electron chi connectivity index (χ1n) is 5.88. The van der Waals surface area contributed by atoms with E-state index in [-0.39, 0.29) is 11.7 Å². The summed E-state index contributed by atoms with van der Waals surface area (Å²) in [6, 6.07) is 15.4. The van der Waals surface area contributed by atoms with E-state index in [0.717, 1.165) is 12.7 Å². The van der Waals surface area contributed by atoms with Gasteiger partial charge in [-0.05, 0) is 42.0 Å². The Morgan fingerprint density at radius 3 is 2.25 bits per heavy atom. The predicted octanol–water partition coefficient (Wildman–Crippen LogP) is 1.76. The number of phenolic OH excluding ortho intramolecular Hbond substituents is 1. The number of amides is 1. The minimum absolute atomic E-state index is 0.195. The predicted molar refractivity (Wildman–Crippen MR) is 77.8 cm³/mol. The topological polar surface area (TPSA) is 81.9 Å². The van der Waals surface area contributed by atoms with Crippen molar-refractivity contribution in [2.45, 2.75) is 0 Å². The van der Waals surface area contributed by atoms with E-state index in [4.69, 9.17) is 10.2 Å². The maximum absolute atomic E-state index is 11.6. The third-order valence-corrected chi connectivity index (χ3v) is 2.31.